The van der Waals surface area contributed by atoms with Gasteiger partial charge in [-0.25, -0.2) is 4.79 Å². The molecule has 9 heteroatoms. The summed E-state index contributed by atoms with van der Waals surface area (Å²) in [6.45, 7) is 0.981. The fourth-order valence-corrected chi connectivity index (χ4v) is 2.98. The maximum atomic E-state index is 12.6. The van der Waals surface area contributed by atoms with E-state index in [1.54, 1.807) is 24.3 Å². The highest BCUT2D eigenvalue weighted by molar-refractivity contribution is 6.13. The number of nitro benzene ring substituents is 1. The Kier molecular flexibility index (Phi) is 4.40. The number of fused-ring (bicyclic) bond motifs is 1. The number of hydrogen-bond donors (Lipinski definition) is 1. The number of urea groups is 1. The molecule has 1 saturated heterocycles. The van der Waals surface area contributed by atoms with Crippen molar-refractivity contribution in [2.45, 2.75) is 6.54 Å². The maximum Gasteiger partial charge on any atom is 0.329 e. The van der Waals surface area contributed by atoms with E-state index < -0.39 is 16.9 Å². The van der Waals surface area contributed by atoms with Crippen molar-refractivity contribution in [1.82, 2.24) is 10.2 Å². The van der Waals surface area contributed by atoms with Crippen LogP contribution in [-0.4, -0.2) is 35.0 Å². The Bertz CT molecular complexity index is 1020. The molecule has 0 atom stereocenters. The molecule has 0 unspecified atom stereocenters. The van der Waals surface area contributed by atoms with Gasteiger partial charge in [0.05, 0.1) is 11.5 Å². The first-order valence-corrected chi connectivity index (χ1v) is 8.49. The second kappa shape index (κ2) is 7.03. The lowest BCUT2D eigenvalue weighted by atomic mass is 10.1. The zero-order valence-corrected chi connectivity index (χ0v) is 14.6. The van der Waals surface area contributed by atoms with Gasteiger partial charge in [-0.3, -0.25) is 19.8 Å². The molecule has 1 fully saturated rings. The Morgan fingerprint density at radius 1 is 1.11 bits per heavy atom. The quantitative estimate of drug-likeness (QED) is 0.377. The monoisotopic (exact) mass is 381 g/mol. The van der Waals surface area contributed by atoms with Crippen molar-refractivity contribution in [3.8, 4) is 11.5 Å². The van der Waals surface area contributed by atoms with Gasteiger partial charge in [0.1, 0.15) is 18.9 Å². The standard InChI is InChI=1S/C19H15N3O6/c23-18-15(9-12-2-1-3-14(8-12)22(25)26)20-19(24)21(18)11-13-4-5-16-17(10-13)28-7-6-27-16/h1-5,8-10H,6-7,11H2,(H,20,24)/b15-9-. The number of imide groups is 1. The van der Waals surface area contributed by atoms with E-state index in [1.807, 2.05) is 0 Å². The molecule has 0 aromatic heterocycles. The molecule has 2 aliphatic heterocycles. The third-order valence-electron chi connectivity index (χ3n) is 4.30. The van der Waals surface area contributed by atoms with Gasteiger partial charge in [0, 0.05) is 12.1 Å². The summed E-state index contributed by atoms with van der Waals surface area (Å²) in [5, 5.41) is 13.4. The number of amides is 3. The summed E-state index contributed by atoms with van der Waals surface area (Å²) in [4.78, 5) is 36.3. The lowest BCUT2D eigenvalue weighted by Gasteiger charge is -2.19. The zero-order valence-electron chi connectivity index (χ0n) is 14.6. The molecular weight excluding hydrogens is 366 g/mol. The molecule has 4 rings (SSSR count). The summed E-state index contributed by atoms with van der Waals surface area (Å²) in [6, 6.07) is 10.5. The van der Waals surface area contributed by atoms with Crippen LogP contribution < -0.4 is 14.8 Å². The number of rotatable bonds is 4. The number of non-ortho nitro benzene ring substituents is 1. The van der Waals surface area contributed by atoms with Crippen LogP contribution in [0.15, 0.2) is 48.2 Å². The molecule has 2 aliphatic rings. The molecular formula is C19H15N3O6. The smallest absolute Gasteiger partial charge is 0.329 e. The average Bonchev–Trinajstić information content (AvgIpc) is 2.95. The van der Waals surface area contributed by atoms with Crippen molar-refractivity contribution in [3.05, 3.63) is 69.4 Å². The van der Waals surface area contributed by atoms with Crippen LogP contribution in [0.5, 0.6) is 11.5 Å². The number of carbonyl (C=O) groups excluding carboxylic acids is 2. The average molecular weight is 381 g/mol. The van der Waals surface area contributed by atoms with Crippen molar-refractivity contribution < 1.29 is 24.0 Å². The van der Waals surface area contributed by atoms with Crippen LogP contribution in [0.2, 0.25) is 0 Å². The number of nitrogens with zero attached hydrogens (tertiary/aromatic N) is 2. The molecule has 2 heterocycles. The minimum Gasteiger partial charge on any atom is -0.486 e. The van der Waals surface area contributed by atoms with E-state index in [0.717, 1.165) is 4.90 Å². The molecule has 0 radical (unpaired) electrons. The van der Waals surface area contributed by atoms with Crippen molar-refractivity contribution in [3.63, 3.8) is 0 Å². The van der Waals surface area contributed by atoms with Crippen LogP contribution in [0.25, 0.3) is 6.08 Å². The first kappa shape index (κ1) is 17.5. The van der Waals surface area contributed by atoms with Gasteiger partial charge >= 0.3 is 6.03 Å². The summed E-state index contributed by atoms with van der Waals surface area (Å²) in [6.07, 6.45) is 1.41. The van der Waals surface area contributed by atoms with Gasteiger partial charge in [-0.15, -0.1) is 0 Å². The molecule has 0 spiro atoms. The molecule has 1 N–H and O–H groups in total. The predicted octanol–water partition coefficient (Wildman–Crippen LogP) is 2.46. The third kappa shape index (κ3) is 3.37. The zero-order chi connectivity index (χ0) is 19.7. The van der Waals surface area contributed by atoms with Crippen LogP contribution >= 0.6 is 0 Å². The van der Waals surface area contributed by atoms with E-state index in [4.69, 9.17) is 9.47 Å². The fourth-order valence-electron chi connectivity index (χ4n) is 2.98. The highest BCUT2D eigenvalue weighted by Gasteiger charge is 2.33. The van der Waals surface area contributed by atoms with E-state index >= 15 is 0 Å². The van der Waals surface area contributed by atoms with Gasteiger partial charge in [0.25, 0.3) is 11.6 Å². The van der Waals surface area contributed by atoms with Gasteiger partial charge < -0.3 is 14.8 Å². The van der Waals surface area contributed by atoms with E-state index in [-0.39, 0.29) is 17.9 Å². The van der Waals surface area contributed by atoms with Crippen molar-refractivity contribution in [2.75, 3.05) is 13.2 Å². The Morgan fingerprint density at radius 2 is 1.89 bits per heavy atom. The van der Waals surface area contributed by atoms with E-state index in [1.165, 1.54) is 24.3 Å². The highest BCUT2D eigenvalue weighted by Crippen LogP contribution is 2.31. The second-order valence-corrected chi connectivity index (χ2v) is 6.21. The molecule has 9 nitrogen and oxygen atoms in total. The SMILES string of the molecule is O=C1N/C(=C\c2cccc([N+](=O)[O-])c2)C(=O)N1Cc1ccc2c(c1)OCCO2. The number of hydrogen-bond acceptors (Lipinski definition) is 6. The number of carbonyl (C=O) groups is 2. The lowest BCUT2D eigenvalue weighted by Crippen LogP contribution is -2.30. The molecule has 2 aromatic carbocycles. The van der Waals surface area contributed by atoms with Crippen LogP contribution in [0.3, 0.4) is 0 Å². The minimum absolute atomic E-state index is 0.0584. The van der Waals surface area contributed by atoms with Gasteiger partial charge in [0.15, 0.2) is 11.5 Å². The molecule has 0 saturated carbocycles. The van der Waals surface area contributed by atoms with Gasteiger partial charge in [-0.05, 0) is 29.3 Å². The van der Waals surface area contributed by atoms with Crippen molar-refractivity contribution in [2.24, 2.45) is 0 Å². The van der Waals surface area contributed by atoms with Gasteiger partial charge in [-0.2, -0.15) is 0 Å². The third-order valence-corrected chi connectivity index (χ3v) is 4.30. The summed E-state index contributed by atoms with van der Waals surface area (Å²) in [7, 11) is 0. The largest absolute Gasteiger partial charge is 0.486 e. The van der Waals surface area contributed by atoms with E-state index in [2.05, 4.69) is 5.32 Å². The van der Waals surface area contributed by atoms with Gasteiger partial charge in [-0.1, -0.05) is 18.2 Å². The topological polar surface area (TPSA) is 111 Å². The Morgan fingerprint density at radius 3 is 2.68 bits per heavy atom. The number of nitrogens with one attached hydrogen (secondary N) is 1. The van der Waals surface area contributed by atoms with E-state index in [9.17, 15) is 19.7 Å². The Hall–Kier alpha value is -3.88. The lowest BCUT2D eigenvalue weighted by molar-refractivity contribution is -0.384. The summed E-state index contributed by atoms with van der Waals surface area (Å²) in [5.41, 5.74) is 1.12. The molecule has 142 valence electrons. The minimum atomic E-state index is -0.559. The Labute approximate surface area is 159 Å². The predicted molar refractivity (Wildman–Crippen MR) is 97.6 cm³/mol. The van der Waals surface area contributed by atoms with Crippen LogP contribution in [-0.2, 0) is 11.3 Å². The summed E-state index contributed by atoms with van der Waals surface area (Å²) < 4.78 is 11.0. The highest BCUT2D eigenvalue weighted by atomic mass is 16.6. The number of benzene rings is 2. The molecule has 28 heavy (non-hydrogen) atoms. The van der Waals surface area contributed by atoms with Crippen molar-refractivity contribution >= 4 is 23.7 Å². The Balaban J connectivity index is 1.54. The van der Waals surface area contributed by atoms with Gasteiger partial charge in [0.2, 0.25) is 0 Å². The summed E-state index contributed by atoms with van der Waals surface area (Å²) in [5.74, 6) is 0.688. The number of ether oxygens (including phenoxy) is 2. The fraction of sp³-hybridized carbons (Fsp3) is 0.158. The molecule has 2 aromatic rings. The van der Waals surface area contributed by atoms with Crippen LogP contribution in [0, 0.1) is 10.1 Å². The van der Waals surface area contributed by atoms with Crippen LogP contribution in [0.1, 0.15) is 11.1 Å². The molecule has 0 bridgehead atoms. The maximum absolute atomic E-state index is 12.6. The summed E-state index contributed by atoms with van der Waals surface area (Å²) >= 11 is 0. The first-order chi connectivity index (χ1) is 13.5. The van der Waals surface area contributed by atoms with Crippen LogP contribution in [0.4, 0.5) is 10.5 Å². The number of nitro groups is 1. The van der Waals surface area contributed by atoms with Crippen molar-refractivity contribution in [1.29, 1.82) is 0 Å². The molecule has 3 amide bonds. The van der Waals surface area contributed by atoms with E-state index in [0.29, 0.717) is 35.8 Å². The molecule has 0 aliphatic carbocycles. The first-order valence-electron chi connectivity index (χ1n) is 8.49. The second-order valence-electron chi connectivity index (χ2n) is 6.21. The normalized spacial score (nSPS) is 17.0.